The Labute approximate surface area is 165 Å². The maximum absolute atomic E-state index is 12.8. The number of amides is 2. The number of rotatable bonds is 6. The van der Waals surface area contributed by atoms with Gasteiger partial charge in [0.15, 0.2) is 0 Å². The van der Waals surface area contributed by atoms with Crippen LogP contribution >= 0.6 is 11.8 Å². The van der Waals surface area contributed by atoms with Crippen molar-refractivity contribution >= 4 is 35.0 Å². The van der Waals surface area contributed by atoms with Crippen molar-refractivity contribution in [1.29, 1.82) is 0 Å². The number of hydrogen-bond acceptors (Lipinski definition) is 3. The number of nitrogens with zero attached hydrogens (tertiary/aromatic N) is 1. The van der Waals surface area contributed by atoms with Crippen LogP contribution < -0.4 is 10.2 Å². The minimum Gasteiger partial charge on any atom is -0.326 e. The van der Waals surface area contributed by atoms with Crippen molar-refractivity contribution < 1.29 is 9.59 Å². The van der Waals surface area contributed by atoms with Gasteiger partial charge in [-0.3, -0.25) is 14.5 Å². The van der Waals surface area contributed by atoms with Crippen LogP contribution in [0.15, 0.2) is 48.5 Å². The summed E-state index contributed by atoms with van der Waals surface area (Å²) in [7, 11) is 0. The molecular weight excluding hydrogens is 356 g/mol. The van der Waals surface area contributed by atoms with Gasteiger partial charge in [-0.15, -0.1) is 11.8 Å². The maximum Gasteiger partial charge on any atom is 0.238 e. The summed E-state index contributed by atoms with van der Waals surface area (Å²) >= 11 is 1.61. The Kier molecular flexibility index (Phi) is 6.22. The minimum atomic E-state index is -0.143. The highest BCUT2D eigenvalue weighted by molar-refractivity contribution is 8.00. The molecule has 2 amide bonds. The van der Waals surface area contributed by atoms with Gasteiger partial charge in [0.25, 0.3) is 0 Å². The van der Waals surface area contributed by atoms with E-state index in [1.165, 1.54) is 0 Å². The highest BCUT2D eigenvalue weighted by Gasteiger charge is 2.36. The van der Waals surface area contributed by atoms with Crippen LogP contribution in [0.4, 0.5) is 11.4 Å². The molecule has 1 fully saturated rings. The molecule has 0 aromatic heterocycles. The molecule has 0 bridgehead atoms. The molecule has 2 aromatic rings. The first-order chi connectivity index (χ1) is 13.0. The van der Waals surface area contributed by atoms with E-state index in [1.54, 1.807) is 11.8 Å². The summed E-state index contributed by atoms with van der Waals surface area (Å²) in [5.74, 6) is 0.870. The fourth-order valence-electron chi connectivity index (χ4n) is 3.38. The van der Waals surface area contributed by atoms with Gasteiger partial charge in [-0.2, -0.15) is 0 Å². The first kappa shape index (κ1) is 19.5. The fourth-order valence-corrected chi connectivity index (χ4v) is 4.58. The quantitative estimate of drug-likeness (QED) is 0.735. The van der Waals surface area contributed by atoms with Crippen LogP contribution in [0.25, 0.3) is 0 Å². The molecule has 1 N–H and O–H groups in total. The Balaban J connectivity index is 2.00. The first-order valence-electron chi connectivity index (χ1n) is 9.44. The van der Waals surface area contributed by atoms with Crippen molar-refractivity contribution in [1.82, 2.24) is 0 Å². The Morgan fingerprint density at radius 2 is 1.89 bits per heavy atom. The number of anilines is 2. The van der Waals surface area contributed by atoms with Gasteiger partial charge in [0.2, 0.25) is 11.8 Å². The van der Waals surface area contributed by atoms with E-state index >= 15 is 0 Å². The molecule has 2 aromatic carbocycles. The highest BCUT2D eigenvalue weighted by atomic mass is 32.2. The smallest absolute Gasteiger partial charge is 0.238 e. The zero-order valence-corrected chi connectivity index (χ0v) is 16.9. The number of hydrogen-bond donors (Lipinski definition) is 1. The van der Waals surface area contributed by atoms with Gasteiger partial charge >= 0.3 is 0 Å². The third-order valence-electron chi connectivity index (χ3n) is 4.66. The van der Waals surface area contributed by atoms with E-state index in [-0.39, 0.29) is 17.2 Å². The molecule has 0 radical (unpaired) electrons. The molecule has 1 aliphatic heterocycles. The summed E-state index contributed by atoms with van der Waals surface area (Å²) < 4.78 is 0. The second kappa shape index (κ2) is 8.61. The largest absolute Gasteiger partial charge is 0.326 e. The number of thioether (sulfide) groups is 1. The molecule has 1 aliphatic rings. The van der Waals surface area contributed by atoms with Gasteiger partial charge in [-0.1, -0.05) is 57.2 Å². The van der Waals surface area contributed by atoms with Crippen molar-refractivity contribution in [3.05, 3.63) is 59.7 Å². The summed E-state index contributed by atoms with van der Waals surface area (Å²) in [6.45, 7) is 6.27. The average Bonchev–Trinajstić information content (AvgIpc) is 3.03. The summed E-state index contributed by atoms with van der Waals surface area (Å²) in [6.07, 6.45) is 1.30. The van der Waals surface area contributed by atoms with Gasteiger partial charge < -0.3 is 5.32 Å². The number of carbonyl (C=O) groups is 2. The number of benzene rings is 2. The van der Waals surface area contributed by atoms with Crippen LogP contribution in [0, 0.1) is 0 Å². The van der Waals surface area contributed by atoms with Gasteiger partial charge in [0.1, 0.15) is 5.37 Å². The molecule has 3 rings (SSSR count). The van der Waals surface area contributed by atoms with Crippen LogP contribution in [-0.2, 0) is 9.59 Å². The molecule has 0 aliphatic carbocycles. The van der Waals surface area contributed by atoms with E-state index in [4.69, 9.17) is 0 Å². The van der Waals surface area contributed by atoms with Crippen LogP contribution in [0.2, 0.25) is 0 Å². The summed E-state index contributed by atoms with van der Waals surface area (Å²) in [5.41, 5.74) is 3.87. The van der Waals surface area contributed by atoms with Crippen LogP contribution in [-0.4, -0.2) is 17.6 Å². The molecule has 27 heavy (non-hydrogen) atoms. The average molecular weight is 383 g/mol. The van der Waals surface area contributed by atoms with Gasteiger partial charge in [-0.25, -0.2) is 0 Å². The molecular formula is C22H26N2O2S. The Hall–Kier alpha value is -2.27. The zero-order chi connectivity index (χ0) is 19.4. The Morgan fingerprint density at radius 1 is 1.19 bits per heavy atom. The molecule has 5 heteroatoms. The minimum absolute atomic E-state index is 0.00778. The predicted molar refractivity (Wildman–Crippen MR) is 113 cm³/mol. The third-order valence-corrected chi connectivity index (χ3v) is 5.86. The molecule has 142 valence electrons. The lowest BCUT2D eigenvalue weighted by atomic mass is 10.00. The van der Waals surface area contributed by atoms with E-state index in [0.29, 0.717) is 18.1 Å². The third kappa shape index (κ3) is 4.19. The van der Waals surface area contributed by atoms with Crippen molar-refractivity contribution in [3.8, 4) is 0 Å². The fraction of sp³-hybridized carbons (Fsp3) is 0.364. The zero-order valence-electron chi connectivity index (χ0n) is 16.1. The van der Waals surface area contributed by atoms with Gasteiger partial charge in [0.05, 0.1) is 5.75 Å². The SMILES string of the molecule is CCCC(=O)Nc1ccccc1[C@@H]1SCC(=O)N1c1ccccc1C(C)C. The monoisotopic (exact) mass is 382 g/mol. The lowest BCUT2D eigenvalue weighted by molar-refractivity contribution is -0.116. The highest BCUT2D eigenvalue weighted by Crippen LogP contribution is 2.45. The van der Waals surface area contributed by atoms with E-state index in [2.05, 4.69) is 25.2 Å². The summed E-state index contributed by atoms with van der Waals surface area (Å²) in [4.78, 5) is 26.8. The van der Waals surface area contributed by atoms with E-state index < -0.39 is 0 Å². The van der Waals surface area contributed by atoms with Crippen molar-refractivity contribution in [2.45, 2.75) is 44.9 Å². The van der Waals surface area contributed by atoms with Crippen molar-refractivity contribution in [2.24, 2.45) is 0 Å². The summed E-state index contributed by atoms with van der Waals surface area (Å²) in [6, 6.07) is 15.9. The van der Waals surface area contributed by atoms with Crippen LogP contribution in [0.3, 0.4) is 0 Å². The Bertz CT molecular complexity index is 835. The van der Waals surface area contributed by atoms with Gasteiger partial charge in [-0.05, 0) is 30.0 Å². The Morgan fingerprint density at radius 3 is 2.63 bits per heavy atom. The van der Waals surface area contributed by atoms with Crippen molar-refractivity contribution in [2.75, 3.05) is 16.0 Å². The summed E-state index contributed by atoms with van der Waals surface area (Å²) in [5, 5.41) is 2.88. The molecule has 1 heterocycles. The van der Waals surface area contributed by atoms with Crippen molar-refractivity contribution in [3.63, 3.8) is 0 Å². The molecule has 0 unspecified atom stereocenters. The first-order valence-corrected chi connectivity index (χ1v) is 10.5. The van der Waals surface area contributed by atoms with Gasteiger partial charge in [0, 0.05) is 23.4 Å². The maximum atomic E-state index is 12.8. The van der Waals surface area contributed by atoms with Crippen LogP contribution in [0.1, 0.15) is 56.0 Å². The van der Waals surface area contributed by atoms with E-state index in [1.807, 2.05) is 54.3 Å². The predicted octanol–water partition coefficient (Wildman–Crippen LogP) is 5.33. The molecule has 1 saturated heterocycles. The van der Waals surface area contributed by atoms with E-state index in [9.17, 15) is 9.59 Å². The second-order valence-corrected chi connectivity index (χ2v) is 8.09. The molecule has 0 saturated carbocycles. The number of carbonyl (C=O) groups excluding carboxylic acids is 2. The number of para-hydroxylation sites is 2. The second-order valence-electron chi connectivity index (χ2n) is 7.03. The molecule has 4 nitrogen and oxygen atoms in total. The lowest BCUT2D eigenvalue weighted by Crippen LogP contribution is -2.29. The molecule has 1 atom stereocenters. The lowest BCUT2D eigenvalue weighted by Gasteiger charge is -2.29. The standard InChI is InChI=1S/C22H26N2O2S/c1-4-9-20(25)23-18-12-7-5-11-17(18)22-24(21(26)14-27-22)19-13-8-6-10-16(19)15(2)3/h5-8,10-13,15,22H,4,9,14H2,1-3H3,(H,23,25)/t22-/m0/s1. The molecule has 0 spiro atoms. The normalized spacial score (nSPS) is 16.8. The topological polar surface area (TPSA) is 49.4 Å². The number of nitrogens with one attached hydrogen (secondary N) is 1. The van der Waals surface area contributed by atoms with E-state index in [0.717, 1.165) is 28.9 Å². The van der Waals surface area contributed by atoms with Crippen LogP contribution in [0.5, 0.6) is 0 Å².